The lowest BCUT2D eigenvalue weighted by Crippen LogP contribution is -2.47. The summed E-state index contributed by atoms with van der Waals surface area (Å²) in [6, 6.07) is 0. The molecule has 0 saturated carbocycles. The van der Waals surface area contributed by atoms with Crippen molar-refractivity contribution in [3.63, 3.8) is 0 Å². The Kier molecular flexibility index (Phi) is 6.00. The fraction of sp³-hybridized carbons (Fsp3) is 0.846. The van der Waals surface area contributed by atoms with E-state index in [1.807, 2.05) is 20.8 Å². The summed E-state index contributed by atoms with van der Waals surface area (Å²) in [6.45, 7) is 7.42. The highest BCUT2D eigenvalue weighted by molar-refractivity contribution is 7.90. The molecule has 21 heavy (non-hydrogen) atoms. The predicted octanol–water partition coefficient (Wildman–Crippen LogP) is 0.660. The number of carbonyl (C=O) groups excluding carboxylic acids is 1. The molecule has 0 aliphatic carbocycles. The Morgan fingerprint density at radius 3 is 2.67 bits per heavy atom. The number of amidine groups is 1. The lowest BCUT2D eigenvalue weighted by atomic mass is 10.2. The van der Waals surface area contributed by atoms with E-state index >= 15 is 0 Å². The second kappa shape index (κ2) is 7.11. The average Bonchev–Trinajstić information content (AvgIpc) is 2.32. The van der Waals surface area contributed by atoms with Gasteiger partial charge in [0.05, 0.1) is 18.8 Å². The molecule has 0 fully saturated rings. The maximum Gasteiger partial charge on any atom is 0.410 e. The molecule has 0 atom stereocenters. The quantitative estimate of drug-likeness (QED) is 0.769. The van der Waals surface area contributed by atoms with E-state index in [0.29, 0.717) is 38.4 Å². The summed E-state index contributed by atoms with van der Waals surface area (Å²) in [5.74, 6) is 0.837. The normalized spacial score (nSPS) is 16.4. The number of nitrogens with zero attached hydrogens (tertiary/aromatic N) is 2. The molecular weight excluding hydrogens is 294 g/mol. The summed E-state index contributed by atoms with van der Waals surface area (Å²) < 4.78 is 27.4. The highest BCUT2D eigenvalue weighted by Gasteiger charge is 2.24. The first-order valence-electron chi connectivity index (χ1n) is 7.00. The van der Waals surface area contributed by atoms with Crippen molar-refractivity contribution in [3.8, 4) is 0 Å². The van der Waals surface area contributed by atoms with Crippen molar-refractivity contribution in [2.75, 3.05) is 38.2 Å². The molecule has 0 bridgehead atoms. The molecule has 1 N–H and O–H groups in total. The molecule has 1 aliphatic rings. The Morgan fingerprint density at radius 2 is 2.10 bits per heavy atom. The van der Waals surface area contributed by atoms with Crippen molar-refractivity contribution in [1.82, 2.24) is 10.2 Å². The molecule has 122 valence electrons. The fourth-order valence-corrected chi connectivity index (χ4v) is 2.45. The van der Waals surface area contributed by atoms with E-state index in [4.69, 9.17) is 4.74 Å². The van der Waals surface area contributed by atoms with Crippen molar-refractivity contribution in [2.24, 2.45) is 4.99 Å². The average molecular weight is 319 g/mol. The zero-order valence-corrected chi connectivity index (χ0v) is 14.0. The van der Waals surface area contributed by atoms with Gasteiger partial charge in [-0.15, -0.1) is 0 Å². The van der Waals surface area contributed by atoms with Gasteiger partial charge in [-0.05, 0) is 27.2 Å². The van der Waals surface area contributed by atoms with E-state index in [0.717, 1.165) is 0 Å². The smallest absolute Gasteiger partial charge is 0.410 e. The van der Waals surface area contributed by atoms with Crippen LogP contribution in [-0.2, 0) is 14.6 Å². The first kappa shape index (κ1) is 17.7. The Hall–Kier alpha value is -1.31. The number of aliphatic imine (C=N–C) groups is 1. The van der Waals surface area contributed by atoms with E-state index in [-0.39, 0.29) is 11.8 Å². The Balaban J connectivity index is 2.38. The zero-order chi connectivity index (χ0) is 16.1. The summed E-state index contributed by atoms with van der Waals surface area (Å²) in [7, 11) is -2.94. The van der Waals surface area contributed by atoms with E-state index in [9.17, 15) is 13.2 Å². The molecule has 0 saturated heterocycles. The molecule has 1 aliphatic heterocycles. The molecule has 0 aromatic heterocycles. The summed E-state index contributed by atoms with van der Waals surface area (Å²) in [6.07, 6.45) is 1.38. The van der Waals surface area contributed by atoms with E-state index < -0.39 is 15.4 Å². The molecule has 8 heteroatoms. The Morgan fingerprint density at radius 1 is 1.43 bits per heavy atom. The van der Waals surface area contributed by atoms with E-state index in [1.54, 1.807) is 4.90 Å². The largest absolute Gasteiger partial charge is 0.444 e. The highest BCUT2D eigenvalue weighted by atomic mass is 32.2. The van der Waals surface area contributed by atoms with Crippen LogP contribution in [0.25, 0.3) is 0 Å². The maximum absolute atomic E-state index is 12.0. The summed E-state index contributed by atoms with van der Waals surface area (Å²) in [5.41, 5.74) is -0.519. The predicted molar refractivity (Wildman–Crippen MR) is 82.4 cm³/mol. The van der Waals surface area contributed by atoms with E-state index in [2.05, 4.69) is 10.3 Å². The maximum atomic E-state index is 12.0. The van der Waals surface area contributed by atoms with Crippen molar-refractivity contribution >= 4 is 21.8 Å². The number of sulfone groups is 1. The van der Waals surface area contributed by atoms with Gasteiger partial charge in [0.1, 0.15) is 21.3 Å². The van der Waals surface area contributed by atoms with Crippen LogP contribution >= 0.6 is 0 Å². The lowest BCUT2D eigenvalue weighted by molar-refractivity contribution is 0.0276. The molecule has 7 nitrogen and oxygen atoms in total. The number of rotatable bonds is 4. The van der Waals surface area contributed by atoms with Crippen molar-refractivity contribution in [1.29, 1.82) is 0 Å². The van der Waals surface area contributed by atoms with Gasteiger partial charge in [-0.1, -0.05) is 0 Å². The Bertz CT molecular complexity index is 494. The first-order valence-corrected chi connectivity index (χ1v) is 9.06. The van der Waals surface area contributed by atoms with Gasteiger partial charge in [0.25, 0.3) is 0 Å². The molecule has 0 aromatic rings. The summed E-state index contributed by atoms with van der Waals surface area (Å²) in [5, 5.41) is 3.08. The number of hydrogen-bond donors (Lipinski definition) is 1. The van der Waals surface area contributed by atoms with Crippen molar-refractivity contribution in [2.45, 2.75) is 32.8 Å². The number of hydrogen-bond acceptors (Lipinski definition) is 6. The molecule has 0 radical (unpaired) electrons. The van der Waals surface area contributed by atoms with Crippen LogP contribution in [0.5, 0.6) is 0 Å². The monoisotopic (exact) mass is 319 g/mol. The van der Waals surface area contributed by atoms with Gasteiger partial charge < -0.3 is 10.1 Å². The lowest BCUT2D eigenvalue weighted by Gasteiger charge is -2.29. The fourth-order valence-electron chi connectivity index (χ4n) is 1.78. The first-order chi connectivity index (χ1) is 9.57. The third-order valence-corrected chi connectivity index (χ3v) is 3.72. The molecular formula is C13H25N3O4S. The van der Waals surface area contributed by atoms with E-state index in [1.165, 1.54) is 6.26 Å². The SMILES string of the molecule is CC(C)(C)OC(=O)N1CCN=C(NCCCS(C)(=O)=O)C1. The third kappa shape index (κ3) is 7.89. The van der Waals surface area contributed by atoms with Crippen molar-refractivity contribution < 1.29 is 17.9 Å². The van der Waals surface area contributed by atoms with Crippen LogP contribution in [0.1, 0.15) is 27.2 Å². The van der Waals surface area contributed by atoms with Crippen LogP contribution in [0.3, 0.4) is 0 Å². The topological polar surface area (TPSA) is 88.1 Å². The molecule has 0 unspecified atom stereocenters. The highest BCUT2D eigenvalue weighted by Crippen LogP contribution is 2.10. The molecule has 0 spiro atoms. The summed E-state index contributed by atoms with van der Waals surface area (Å²) >= 11 is 0. The molecule has 0 aromatic carbocycles. The van der Waals surface area contributed by atoms with Crippen LogP contribution in [0.4, 0.5) is 4.79 Å². The zero-order valence-electron chi connectivity index (χ0n) is 13.2. The van der Waals surface area contributed by atoms with Gasteiger partial charge in [-0.2, -0.15) is 0 Å². The Labute approximate surface area is 126 Å². The number of ether oxygens (including phenoxy) is 1. The minimum atomic E-state index is -2.94. The van der Waals surface area contributed by atoms with Gasteiger partial charge in [0, 0.05) is 19.3 Å². The number of nitrogens with one attached hydrogen (secondary N) is 1. The van der Waals surface area contributed by atoms with Gasteiger partial charge in [-0.25, -0.2) is 13.2 Å². The van der Waals surface area contributed by atoms with Crippen molar-refractivity contribution in [3.05, 3.63) is 0 Å². The second-order valence-electron chi connectivity index (χ2n) is 6.14. The van der Waals surface area contributed by atoms with Crippen LogP contribution in [0, 0.1) is 0 Å². The van der Waals surface area contributed by atoms with Crippen LogP contribution in [0.2, 0.25) is 0 Å². The number of carbonyl (C=O) groups is 1. The minimum Gasteiger partial charge on any atom is -0.444 e. The van der Waals surface area contributed by atoms with Gasteiger partial charge in [0.2, 0.25) is 0 Å². The standard InChI is InChI=1S/C13H25N3O4S/c1-13(2,3)20-12(17)16-8-7-15-11(10-16)14-6-5-9-21(4,18)19/h5-10H2,1-4H3,(H,14,15). The van der Waals surface area contributed by atoms with Crippen LogP contribution in [0.15, 0.2) is 4.99 Å². The second-order valence-corrected chi connectivity index (χ2v) is 8.40. The van der Waals surface area contributed by atoms with Crippen LogP contribution < -0.4 is 5.32 Å². The molecule has 1 rings (SSSR count). The van der Waals surface area contributed by atoms with Gasteiger partial charge in [-0.3, -0.25) is 9.89 Å². The molecule has 1 heterocycles. The third-order valence-electron chi connectivity index (χ3n) is 2.69. The molecule has 1 amide bonds. The summed E-state index contributed by atoms with van der Waals surface area (Å²) in [4.78, 5) is 17.9. The van der Waals surface area contributed by atoms with Gasteiger partial charge >= 0.3 is 6.09 Å². The number of amides is 1. The van der Waals surface area contributed by atoms with Gasteiger partial charge in [0.15, 0.2) is 0 Å². The minimum absolute atomic E-state index is 0.142. The van der Waals surface area contributed by atoms with Crippen LogP contribution in [-0.4, -0.2) is 69.0 Å².